The Bertz CT molecular complexity index is 762. The molecule has 0 spiro atoms. The Kier molecular flexibility index (Phi) is 8.70. The molecule has 4 heteroatoms. The van der Waals surface area contributed by atoms with E-state index in [4.69, 9.17) is 9.57 Å². The molecule has 0 radical (unpaired) electrons. The van der Waals surface area contributed by atoms with Gasteiger partial charge >= 0.3 is 0 Å². The van der Waals surface area contributed by atoms with Crippen molar-refractivity contribution in [3.63, 3.8) is 0 Å². The molecule has 0 amide bonds. The van der Waals surface area contributed by atoms with E-state index in [-0.39, 0.29) is 5.75 Å². The molecule has 27 heavy (non-hydrogen) atoms. The zero-order valence-electron chi connectivity index (χ0n) is 16.0. The Labute approximate surface area is 161 Å². The third-order valence-electron chi connectivity index (χ3n) is 3.83. The lowest BCUT2D eigenvalue weighted by Crippen LogP contribution is -2.09. The maximum atomic E-state index is 9.47. The summed E-state index contributed by atoms with van der Waals surface area (Å²) in [5, 5.41) is 13.6. The molecular weight excluding hydrogens is 338 g/mol. The molecule has 0 atom stereocenters. The van der Waals surface area contributed by atoms with E-state index in [1.807, 2.05) is 50.3 Å². The Morgan fingerprint density at radius 1 is 1.00 bits per heavy atom. The summed E-state index contributed by atoms with van der Waals surface area (Å²) in [6.45, 7) is 4.84. The van der Waals surface area contributed by atoms with Gasteiger partial charge in [0.05, 0.1) is 0 Å². The van der Waals surface area contributed by atoms with Gasteiger partial charge in [-0.1, -0.05) is 62.4 Å². The number of benzene rings is 2. The van der Waals surface area contributed by atoms with E-state index < -0.39 is 0 Å². The predicted molar refractivity (Wildman–Crippen MR) is 110 cm³/mol. The zero-order valence-corrected chi connectivity index (χ0v) is 16.0. The molecule has 0 unspecified atom stereocenters. The fourth-order valence-corrected chi connectivity index (χ4v) is 2.44. The van der Waals surface area contributed by atoms with Crippen LogP contribution in [0.3, 0.4) is 0 Å². The molecular formula is C23H27NO3. The highest BCUT2D eigenvalue weighted by Crippen LogP contribution is 2.15. The monoisotopic (exact) mass is 365 g/mol. The van der Waals surface area contributed by atoms with Gasteiger partial charge in [0.2, 0.25) is 0 Å². The van der Waals surface area contributed by atoms with Crippen molar-refractivity contribution in [2.75, 3.05) is 6.61 Å². The van der Waals surface area contributed by atoms with Crippen LogP contribution in [0.5, 0.6) is 5.75 Å². The van der Waals surface area contributed by atoms with Crippen molar-refractivity contribution >= 4 is 5.90 Å². The number of ether oxygens (including phenoxy) is 1. The van der Waals surface area contributed by atoms with Crippen LogP contribution in [0, 0.1) is 0 Å². The number of rotatable bonds is 6. The summed E-state index contributed by atoms with van der Waals surface area (Å²) in [6, 6.07) is 16.6. The number of nitrogens with zero attached hydrogens (tertiary/aromatic N) is 1. The largest absolute Gasteiger partial charge is 0.508 e. The molecule has 2 aromatic rings. The molecule has 0 saturated carbocycles. The molecule has 2 aromatic carbocycles. The van der Waals surface area contributed by atoms with Crippen molar-refractivity contribution in [3.05, 3.63) is 89.5 Å². The van der Waals surface area contributed by atoms with Crippen molar-refractivity contribution in [3.8, 4) is 5.75 Å². The average molecular weight is 365 g/mol. The van der Waals surface area contributed by atoms with Gasteiger partial charge in [-0.2, -0.15) is 0 Å². The van der Waals surface area contributed by atoms with Gasteiger partial charge in [-0.15, -0.1) is 0 Å². The zero-order chi connectivity index (χ0) is 19.3. The summed E-state index contributed by atoms with van der Waals surface area (Å²) in [6.07, 6.45) is 8.26. The third kappa shape index (κ3) is 7.02. The fraction of sp³-hybridized carbons (Fsp3) is 0.261. The minimum atomic E-state index is 0.200. The lowest BCUT2D eigenvalue weighted by molar-refractivity contribution is 0.150. The SMILES string of the molecule is CC.Oc1ccc(/C(=N/OCC2=CC=CCC2)OCc2ccccc2)cc1. The summed E-state index contributed by atoms with van der Waals surface area (Å²) in [7, 11) is 0. The van der Waals surface area contributed by atoms with E-state index in [1.165, 1.54) is 5.57 Å². The van der Waals surface area contributed by atoms with Gasteiger partial charge in [0, 0.05) is 5.56 Å². The minimum Gasteiger partial charge on any atom is -0.508 e. The van der Waals surface area contributed by atoms with Crippen molar-refractivity contribution in [1.82, 2.24) is 0 Å². The number of phenolic OH excluding ortho intramolecular Hbond substituents is 1. The van der Waals surface area contributed by atoms with Crippen LogP contribution in [0.25, 0.3) is 0 Å². The topological polar surface area (TPSA) is 51.1 Å². The van der Waals surface area contributed by atoms with Gasteiger partial charge in [-0.05, 0) is 53.4 Å². The molecule has 1 aliphatic carbocycles. The fourth-order valence-electron chi connectivity index (χ4n) is 2.44. The first-order chi connectivity index (χ1) is 13.3. The molecule has 3 rings (SSSR count). The van der Waals surface area contributed by atoms with E-state index in [2.05, 4.69) is 17.3 Å². The molecule has 142 valence electrons. The lowest BCUT2D eigenvalue weighted by Gasteiger charge is -2.11. The van der Waals surface area contributed by atoms with E-state index in [0.717, 1.165) is 24.0 Å². The number of hydrogen-bond acceptors (Lipinski definition) is 4. The molecule has 0 fully saturated rings. The van der Waals surface area contributed by atoms with Crippen LogP contribution >= 0.6 is 0 Å². The Morgan fingerprint density at radius 2 is 1.74 bits per heavy atom. The van der Waals surface area contributed by atoms with Crippen LogP contribution in [-0.4, -0.2) is 17.6 Å². The number of oxime groups is 1. The molecule has 4 nitrogen and oxygen atoms in total. The van der Waals surface area contributed by atoms with Gasteiger partial charge in [0.25, 0.3) is 5.90 Å². The smallest absolute Gasteiger partial charge is 0.257 e. The van der Waals surface area contributed by atoms with Crippen LogP contribution < -0.4 is 0 Å². The van der Waals surface area contributed by atoms with Gasteiger partial charge in [-0.3, -0.25) is 0 Å². The highest BCUT2D eigenvalue weighted by atomic mass is 16.6. The highest BCUT2D eigenvalue weighted by Gasteiger charge is 2.08. The number of phenols is 1. The van der Waals surface area contributed by atoms with E-state index in [9.17, 15) is 5.11 Å². The summed E-state index contributed by atoms with van der Waals surface area (Å²) >= 11 is 0. The first-order valence-corrected chi connectivity index (χ1v) is 9.32. The molecule has 0 aromatic heterocycles. The summed E-state index contributed by atoms with van der Waals surface area (Å²) in [4.78, 5) is 5.51. The van der Waals surface area contributed by atoms with E-state index in [1.54, 1.807) is 24.3 Å². The van der Waals surface area contributed by atoms with Gasteiger partial charge in [-0.25, -0.2) is 0 Å². The summed E-state index contributed by atoms with van der Waals surface area (Å²) in [5.41, 5.74) is 3.01. The molecule has 0 bridgehead atoms. The van der Waals surface area contributed by atoms with Crippen LogP contribution in [0.4, 0.5) is 0 Å². The Balaban J connectivity index is 0.00000126. The maximum Gasteiger partial charge on any atom is 0.257 e. The summed E-state index contributed by atoms with van der Waals surface area (Å²) < 4.78 is 5.85. The van der Waals surface area contributed by atoms with Gasteiger partial charge in [0.15, 0.2) is 0 Å². The maximum absolute atomic E-state index is 9.47. The Hall–Kier alpha value is -3.01. The first-order valence-electron chi connectivity index (χ1n) is 9.32. The molecule has 0 heterocycles. The molecule has 1 N–H and O–H groups in total. The quantitative estimate of drug-likeness (QED) is 0.412. The third-order valence-corrected chi connectivity index (χ3v) is 3.83. The highest BCUT2D eigenvalue weighted by molar-refractivity contribution is 5.93. The standard InChI is InChI=1S/C21H21NO3.C2H6/c23-20-13-11-19(12-14-20)21(24-15-17-7-3-1-4-8-17)22-25-16-18-9-5-2-6-10-18;1-2/h1-5,7-9,11-14,23H,6,10,15-16H2;1-2H3/b22-21-;. The van der Waals surface area contributed by atoms with Crippen LogP contribution in [0.1, 0.15) is 37.8 Å². The molecule has 0 saturated heterocycles. The van der Waals surface area contributed by atoms with Crippen molar-refractivity contribution < 1.29 is 14.7 Å². The number of allylic oxidation sites excluding steroid dienone is 3. The predicted octanol–water partition coefficient (Wildman–Crippen LogP) is 5.59. The summed E-state index contributed by atoms with van der Waals surface area (Å²) in [5.74, 6) is 0.599. The second-order valence-electron chi connectivity index (χ2n) is 5.78. The Morgan fingerprint density at radius 3 is 2.41 bits per heavy atom. The lowest BCUT2D eigenvalue weighted by atomic mass is 10.1. The number of hydrogen-bond donors (Lipinski definition) is 1. The normalized spacial score (nSPS) is 13.3. The van der Waals surface area contributed by atoms with Gasteiger partial charge in [0.1, 0.15) is 19.0 Å². The minimum absolute atomic E-state index is 0.200. The van der Waals surface area contributed by atoms with E-state index in [0.29, 0.717) is 19.1 Å². The number of aromatic hydroxyl groups is 1. The van der Waals surface area contributed by atoms with Crippen LogP contribution in [-0.2, 0) is 16.2 Å². The first kappa shape index (κ1) is 20.3. The molecule has 1 aliphatic rings. The second kappa shape index (κ2) is 11.6. The van der Waals surface area contributed by atoms with Gasteiger partial charge < -0.3 is 14.7 Å². The average Bonchev–Trinajstić information content (AvgIpc) is 2.74. The second-order valence-corrected chi connectivity index (χ2v) is 5.78. The van der Waals surface area contributed by atoms with E-state index >= 15 is 0 Å². The van der Waals surface area contributed by atoms with Crippen molar-refractivity contribution in [2.24, 2.45) is 5.16 Å². The molecule has 0 aliphatic heterocycles. The van der Waals surface area contributed by atoms with Crippen molar-refractivity contribution in [2.45, 2.75) is 33.3 Å². The van der Waals surface area contributed by atoms with Crippen LogP contribution in [0.15, 0.2) is 83.6 Å². The van der Waals surface area contributed by atoms with Crippen molar-refractivity contribution in [1.29, 1.82) is 0 Å². The van der Waals surface area contributed by atoms with Crippen LogP contribution in [0.2, 0.25) is 0 Å².